The number of aromatic nitrogens is 1. The van der Waals surface area contributed by atoms with Crippen LogP contribution in [0, 0.1) is 0 Å². The average Bonchev–Trinajstić information content (AvgIpc) is 2.70. The Morgan fingerprint density at radius 1 is 1.22 bits per heavy atom. The molecule has 0 radical (unpaired) electrons. The van der Waals surface area contributed by atoms with Crippen molar-refractivity contribution >= 4 is 11.7 Å². The van der Waals surface area contributed by atoms with Crippen LogP contribution in [0.15, 0.2) is 18.3 Å². The number of hydrogen-bond donors (Lipinski definition) is 1. The van der Waals surface area contributed by atoms with E-state index in [-0.39, 0.29) is 11.4 Å². The molecule has 2 aliphatic rings. The maximum Gasteiger partial charge on any atom is 0.254 e. The number of hydrogen-bond acceptors (Lipinski definition) is 5. The summed E-state index contributed by atoms with van der Waals surface area (Å²) >= 11 is 0. The number of likely N-dealkylation sites (N-methyl/N-ethyl adjacent to an activating group) is 1. The Kier molecular flexibility index (Phi) is 4.55. The van der Waals surface area contributed by atoms with Gasteiger partial charge in [0, 0.05) is 36.9 Å². The lowest BCUT2D eigenvalue weighted by atomic mass is 9.85. The highest BCUT2D eigenvalue weighted by Crippen LogP contribution is 2.31. The molecule has 1 spiro atoms. The van der Waals surface area contributed by atoms with Crippen LogP contribution in [-0.2, 0) is 0 Å². The number of nitrogens with two attached hydrogens (primary N) is 1. The van der Waals surface area contributed by atoms with Gasteiger partial charge in [0.2, 0.25) is 0 Å². The zero-order valence-corrected chi connectivity index (χ0v) is 14.2. The van der Waals surface area contributed by atoms with Crippen LogP contribution in [0.4, 0.5) is 5.82 Å². The molecule has 2 fully saturated rings. The first-order valence-electron chi connectivity index (χ1n) is 8.41. The van der Waals surface area contributed by atoms with Crippen molar-refractivity contribution in [3.05, 3.63) is 23.9 Å². The molecule has 3 heterocycles. The molecule has 1 amide bonds. The van der Waals surface area contributed by atoms with Crippen molar-refractivity contribution in [3.63, 3.8) is 0 Å². The number of rotatable bonds is 1. The molecule has 23 heavy (non-hydrogen) atoms. The summed E-state index contributed by atoms with van der Waals surface area (Å²) in [6.07, 6.45) is 4.85. The molecule has 1 aromatic rings. The van der Waals surface area contributed by atoms with Gasteiger partial charge in [0.1, 0.15) is 5.82 Å². The summed E-state index contributed by atoms with van der Waals surface area (Å²) in [5.41, 5.74) is 6.49. The van der Waals surface area contributed by atoms with Gasteiger partial charge in [0.05, 0.1) is 0 Å². The molecule has 0 aliphatic carbocycles. The van der Waals surface area contributed by atoms with E-state index in [1.54, 1.807) is 18.3 Å². The van der Waals surface area contributed by atoms with E-state index in [9.17, 15) is 4.79 Å². The number of likely N-dealkylation sites (tertiary alicyclic amines) is 1. The third-order valence-electron chi connectivity index (χ3n) is 5.45. The molecule has 0 atom stereocenters. The van der Waals surface area contributed by atoms with Gasteiger partial charge in [0.25, 0.3) is 5.91 Å². The summed E-state index contributed by atoms with van der Waals surface area (Å²) in [6.45, 7) is 4.84. The molecule has 2 saturated heterocycles. The molecule has 1 aromatic heterocycles. The zero-order chi connectivity index (χ0) is 16.4. The number of carbonyl (C=O) groups excluding carboxylic acids is 1. The van der Waals surface area contributed by atoms with Crippen LogP contribution >= 0.6 is 0 Å². The fraction of sp³-hybridized carbons (Fsp3) is 0.647. The number of carbonyl (C=O) groups is 1. The second kappa shape index (κ2) is 6.45. The standard InChI is InChI=1S/C17H27N5O/c1-20-10-5-17(6-11-20)13-22(9-3-8-21(17)2)16(23)14-4-7-19-15(18)12-14/h4,7,12H,3,5-6,8-11,13H2,1-2H3,(H2,18,19). The predicted molar refractivity (Wildman–Crippen MR) is 91.3 cm³/mol. The fourth-order valence-electron chi connectivity index (χ4n) is 3.80. The highest BCUT2D eigenvalue weighted by atomic mass is 16.2. The minimum atomic E-state index is 0.0766. The maximum atomic E-state index is 12.9. The first kappa shape index (κ1) is 16.2. The molecule has 0 bridgehead atoms. The predicted octanol–water partition coefficient (Wildman–Crippen LogP) is 0.906. The van der Waals surface area contributed by atoms with Gasteiger partial charge in [-0.25, -0.2) is 4.98 Å². The van der Waals surface area contributed by atoms with Crippen molar-refractivity contribution in [2.75, 3.05) is 52.6 Å². The van der Waals surface area contributed by atoms with Crippen molar-refractivity contribution in [2.45, 2.75) is 24.8 Å². The minimum absolute atomic E-state index is 0.0766. The Morgan fingerprint density at radius 2 is 1.96 bits per heavy atom. The Labute approximate surface area is 138 Å². The van der Waals surface area contributed by atoms with E-state index in [1.165, 1.54) is 0 Å². The van der Waals surface area contributed by atoms with E-state index in [0.29, 0.717) is 11.4 Å². The molecule has 6 heteroatoms. The SMILES string of the molecule is CN1CCC2(CC1)CN(C(=O)c1ccnc(N)c1)CCCN2C. The summed E-state index contributed by atoms with van der Waals surface area (Å²) in [4.78, 5) is 23.8. The number of nitrogen functional groups attached to an aromatic ring is 1. The maximum absolute atomic E-state index is 12.9. The number of pyridine rings is 1. The zero-order valence-electron chi connectivity index (χ0n) is 14.2. The smallest absolute Gasteiger partial charge is 0.254 e. The van der Waals surface area contributed by atoms with Crippen LogP contribution in [-0.4, -0.2) is 77.9 Å². The van der Waals surface area contributed by atoms with E-state index in [2.05, 4.69) is 28.9 Å². The van der Waals surface area contributed by atoms with Crippen LogP contribution in [0.2, 0.25) is 0 Å². The molecular formula is C17H27N5O. The number of nitrogens with zero attached hydrogens (tertiary/aromatic N) is 4. The average molecular weight is 317 g/mol. The first-order valence-corrected chi connectivity index (χ1v) is 8.41. The molecule has 0 aromatic carbocycles. The monoisotopic (exact) mass is 317 g/mol. The van der Waals surface area contributed by atoms with E-state index < -0.39 is 0 Å². The van der Waals surface area contributed by atoms with Crippen LogP contribution in [0.3, 0.4) is 0 Å². The van der Waals surface area contributed by atoms with Gasteiger partial charge < -0.3 is 15.5 Å². The van der Waals surface area contributed by atoms with Gasteiger partial charge in [-0.05, 0) is 58.6 Å². The van der Waals surface area contributed by atoms with Crippen molar-refractivity contribution in [3.8, 4) is 0 Å². The molecule has 0 unspecified atom stereocenters. The lowest BCUT2D eigenvalue weighted by molar-refractivity contribution is 0.0317. The van der Waals surface area contributed by atoms with Gasteiger partial charge >= 0.3 is 0 Å². The lowest BCUT2D eigenvalue weighted by Gasteiger charge is -2.47. The third kappa shape index (κ3) is 3.33. The van der Waals surface area contributed by atoms with Gasteiger partial charge in [-0.2, -0.15) is 0 Å². The second-order valence-corrected chi connectivity index (χ2v) is 7.00. The summed E-state index contributed by atoms with van der Waals surface area (Å²) in [5, 5.41) is 0. The highest BCUT2D eigenvalue weighted by Gasteiger charge is 2.41. The number of piperidine rings is 1. The van der Waals surface area contributed by atoms with Crippen molar-refractivity contribution in [1.82, 2.24) is 19.7 Å². The van der Waals surface area contributed by atoms with E-state index >= 15 is 0 Å². The van der Waals surface area contributed by atoms with Crippen molar-refractivity contribution < 1.29 is 4.79 Å². The van der Waals surface area contributed by atoms with E-state index in [0.717, 1.165) is 52.0 Å². The molecular weight excluding hydrogens is 290 g/mol. The van der Waals surface area contributed by atoms with Gasteiger partial charge in [-0.1, -0.05) is 0 Å². The third-order valence-corrected chi connectivity index (χ3v) is 5.45. The molecule has 2 aliphatic heterocycles. The van der Waals surface area contributed by atoms with Crippen LogP contribution in [0.25, 0.3) is 0 Å². The van der Waals surface area contributed by atoms with Crippen LogP contribution in [0.5, 0.6) is 0 Å². The van der Waals surface area contributed by atoms with Gasteiger partial charge in [0.15, 0.2) is 0 Å². The summed E-state index contributed by atoms with van der Waals surface area (Å²) in [7, 11) is 4.38. The van der Waals surface area contributed by atoms with E-state index in [4.69, 9.17) is 5.73 Å². The van der Waals surface area contributed by atoms with Crippen LogP contribution < -0.4 is 5.73 Å². The van der Waals surface area contributed by atoms with Crippen molar-refractivity contribution in [2.24, 2.45) is 0 Å². The van der Waals surface area contributed by atoms with Gasteiger partial charge in [-0.3, -0.25) is 9.69 Å². The van der Waals surface area contributed by atoms with Gasteiger partial charge in [-0.15, -0.1) is 0 Å². The van der Waals surface area contributed by atoms with E-state index in [1.807, 2.05) is 4.90 Å². The quantitative estimate of drug-likeness (QED) is 0.834. The Hall–Kier alpha value is -1.66. The largest absolute Gasteiger partial charge is 0.384 e. The Balaban J connectivity index is 1.81. The summed E-state index contributed by atoms with van der Waals surface area (Å²) < 4.78 is 0. The fourth-order valence-corrected chi connectivity index (χ4v) is 3.80. The second-order valence-electron chi connectivity index (χ2n) is 7.00. The van der Waals surface area contributed by atoms with Crippen LogP contribution in [0.1, 0.15) is 29.6 Å². The molecule has 3 rings (SSSR count). The Bertz CT molecular complexity index is 568. The Morgan fingerprint density at radius 3 is 2.65 bits per heavy atom. The topological polar surface area (TPSA) is 65.7 Å². The number of amides is 1. The first-order chi connectivity index (χ1) is 11.0. The summed E-state index contributed by atoms with van der Waals surface area (Å²) in [6, 6.07) is 3.44. The minimum Gasteiger partial charge on any atom is -0.384 e. The molecule has 6 nitrogen and oxygen atoms in total. The molecule has 2 N–H and O–H groups in total. The lowest BCUT2D eigenvalue weighted by Crippen LogP contribution is -2.58. The normalized spacial score (nSPS) is 23.0. The molecule has 126 valence electrons. The summed E-state index contributed by atoms with van der Waals surface area (Å²) in [5.74, 6) is 0.476. The van der Waals surface area contributed by atoms with Crippen molar-refractivity contribution in [1.29, 1.82) is 0 Å². The number of anilines is 1. The molecule has 0 saturated carbocycles. The highest BCUT2D eigenvalue weighted by molar-refractivity contribution is 5.94.